The summed E-state index contributed by atoms with van der Waals surface area (Å²) in [5.41, 5.74) is 0. The normalized spacial score (nSPS) is 29.8. The van der Waals surface area contributed by atoms with Crippen molar-refractivity contribution in [2.75, 3.05) is 19.8 Å². The van der Waals surface area contributed by atoms with Crippen LogP contribution in [-0.2, 0) is 4.74 Å². The molecule has 0 spiro atoms. The maximum Gasteiger partial charge on any atom is 0.0591 e. The van der Waals surface area contributed by atoms with Crippen molar-refractivity contribution in [3.05, 3.63) is 0 Å². The molecular weight excluding hydrogens is 210 g/mol. The molecule has 2 rings (SSSR count). The average Bonchev–Trinajstić information content (AvgIpc) is 3.13. The molecule has 17 heavy (non-hydrogen) atoms. The SMILES string of the molecule is CC(C)C1CCC(NCCOCC2CC2)CC1. The van der Waals surface area contributed by atoms with Crippen molar-refractivity contribution >= 4 is 0 Å². The van der Waals surface area contributed by atoms with Gasteiger partial charge in [0.25, 0.3) is 0 Å². The first-order valence-corrected chi connectivity index (χ1v) is 7.57. The van der Waals surface area contributed by atoms with Crippen LogP contribution in [0, 0.1) is 17.8 Å². The Hall–Kier alpha value is -0.0800. The fourth-order valence-corrected chi connectivity index (χ4v) is 2.86. The monoisotopic (exact) mass is 239 g/mol. The zero-order valence-corrected chi connectivity index (χ0v) is 11.6. The van der Waals surface area contributed by atoms with Gasteiger partial charge in [-0.1, -0.05) is 13.8 Å². The lowest BCUT2D eigenvalue weighted by Gasteiger charge is -2.31. The standard InChI is InChI=1S/C15H29NO/c1-12(2)14-5-7-15(8-6-14)16-9-10-17-11-13-3-4-13/h12-16H,3-11H2,1-2H3. The molecule has 2 heteroatoms. The molecule has 0 radical (unpaired) electrons. The topological polar surface area (TPSA) is 21.3 Å². The third-order valence-corrected chi connectivity index (χ3v) is 4.44. The number of hydrogen-bond donors (Lipinski definition) is 1. The first-order valence-electron chi connectivity index (χ1n) is 7.57. The Bertz CT molecular complexity index is 205. The quantitative estimate of drug-likeness (QED) is 0.689. The summed E-state index contributed by atoms with van der Waals surface area (Å²) in [5.74, 6) is 2.74. The Kier molecular flexibility index (Phi) is 5.30. The maximum atomic E-state index is 5.65. The van der Waals surface area contributed by atoms with Crippen LogP contribution in [0.3, 0.4) is 0 Å². The van der Waals surface area contributed by atoms with Crippen LogP contribution in [0.1, 0.15) is 52.4 Å². The fraction of sp³-hybridized carbons (Fsp3) is 1.00. The molecule has 2 fully saturated rings. The van der Waals surface area contributed by atoms with Gasteiger partial charge in [-0.3, -0.25) is 0 Å². The summed E-state index contributed by atoms with van der Waals surface area (Å²) in [5, 5.41) is 3.65. The van der Waals surface area contributed by atoms with E-state index in [1.807, 2.05) is 0 Å². The fourth-order valence-electron chi connectivity index (χ4n) is 2.86. The van der Waals surface area contributed by atoms with Crippen molar-refractivity contribution in [1.82, 2.24) is 5.32 Å². The Morgan fingerprint density at radius 1 is 1.06 bits per heavy atom. The van der Waals surface area contributed by atoms with Gasteiger partial charge in [-0.2, -0.15) is 0 Å². The molecule has 0 bridgehead atoms. The van der Waals surface area contributed by atoms with E-state index in [-0.39, 0.29) is 0 Å². The molecule has 0 aromatic heterocycles. The van der Waals surface area contributed by atoms with Crippen LogP contribution < -0.4 is 5.32 Å². The van der Waals surface area contributed by atoms with Gasteiger partial charge in [0.05, 0.1) is 6.61 Å². The molecule has 0 unspecified atom stereocenters. The third kappa shape index (κ3) is 4.97. The predicted octanol–water partition coefficient (Wildman–Crippen LogP) is 3.22. The number of nitrogens with one attached hydrogen (secondary N) is 1. The lowest BCUT2D eigenvalue weighted by Crippen LogP contribution is -2.36. The minimum Gasteiger partial charge on any atom is -0.380 e. The zero-order valence-electron chi connectivity index (χ0n) is 11.6. The second-order valence-corrected chi connectivity index (χ2v) is 6.33. The maximum absolute atomic E-state index is 5.65. The predicted molar refractivity (Wildman–Crippen MR) is 72.1 cm³/mol. The Labute approximate surface area is 107 Å². The van der Waals surface area contributed by atoms with Gasteiger partial charge in [0.15, 0.2) is 0 Å². The number of rotatable bonds is 7. The van der Waals surface area contributed by atoms with Gasteiger partial charge in [-0.05, 0) is 56.3 Å². The van der Waals surface area contributed by atoms with Gasteiger partial charge in [-0.15, -0.1) is 0 Å². The molecular formula is C15H29NO. The second kappa shape index (κ2) is 6.75. The summed E-state index contributed by atoms with van der Waals surface area (Å²) in [6.07, 6.45) is 8.35. The first-order chi connectivity index (χ1) is 8.25. The van der Waals surface area contributed by atoms with Crippen LogP contribution in [0.5, 0.6) is 0 Å². The molecule has 0 heterocycles. The molecule has 0 atom stereocenters. The molecule has 1 N–H and O–H groups in total. The summed E-state index contributed by atoms with van der Waals surface area (Å²) in [6, 6.07) is 0.759. The van der Waals surface area contributed by atoms with E-state index in [1.165, 1.54) is 38.5 Å². The van der Waals surface area contributed by atoms with Crippen molar-refractivity contribution < 1.29 is 4.74 Å². The molecule has 0 aromatic carbocycles. The van der Waals surface area contributed by atoms with Gasteiger partial charge < -0.3 is 10.1 Å². The highest BCUT2D eigenvalue weighted by atomic mass is 16.5. The van der Waals surface area contributed by atoms with Crippen molar-refractivity contribution in [1.29, 1.82) is 0 Å². The number of hydrogen-bond acceptors (Lipinski definition) is 2. The molecule has 2 nitrogen and oxygen atoms in total. The highest BCUT2D eigenvalue weighted by Crippen LogP contribution is 2.30. The summed E-state index contributed by atoms with van der Waals surface area (Å²) in [7, 11) is 0. The molecule has 2 aliphatic carbocycles. The summed E-state index contributed by atoms with van der Waals surface area (Å²) in [4.78, 5) is 0. The zero-order chi connectivity index (χ0) is 12.1. The van der Waals surface area contributed by atoms with Crippen molar-refractivity contribution in [3.63, 3.8) is 0 Å². The summed E-state index contributed by atoms with van der Waals surface area (Å²) in [6.45, 7) is 7.68. The molecule has 100 valence electrons. The van der Waals surface area contributed by atoms with E-state index in [9.17, 15) is 0 Å². The van der Waals surface area contributed by atoms with Gasteiger partial charge in [0.2, 0.25) is 0 Å². The van der Waals surface area contributed by atoms with Crippen molar-refractivity contribution in [3.8, 4) is 0 Å². The molecule has 2 saturated carbocycles. The summed E-state index contributed by atoms with van der Waals surface area (Å²) < 4.78 is 5.65. The Morgan fingerprint density at radius 2 is 1.76 bits per heavy atom. The number of ether oxygens (including phenoxy) is 1. The smallest absolute Gasteiger partial charge is 0.0591 e. The van der Waals surface area contributed by atoms with Crippen LogP contribution in [0.15, 0.2) is 0 Å². The minimum atomic E-state index is 0.759. The third-order valence-electron chi connectivity index (χ3n) is 4.44. The Morgan fingerprint density at radius 3 is 2.35 bits per heavy atom. The van der Waals surface area contributed by atoms with Gasteiger partial charge >= 0.3 is 0 Å². The highest BCUT2D eigenvalue weighted by Gasteiger charge is 2.23. The van der Waals surface area contributed by atoms with Crippen molar-refractivity contribution in [2.45, 2.75) is 58.4 Å². The second-order valence-electron chi connectivity index (χ2n) is 6.33. The van der Waals surface area contributed by atoms with Crippen LogP contribution in [0.4, 0.5) is 0 Å². The van der Waals surface area contributed by atoms with E-state index < -0.39 is 0 Å². The van der Waals surface area contributed by atoms with Crippen LogP contribution >= 0.6 is 0 Å². The van der Waals surface area contributed by atoms with E-state index in [1.54, 1.807) is 0 Å². The molecule has 0 aliphatic heterocycles. The van der Waals surface area contributed by atoms with Gasteiger partial charge in [0.1, 0.15) is 0 Å². The van der Waals surface area contributed by atoms with Gasteiger partial charge in [-0.25, -0.2) is 0 Å². The van der Waals surface area contributed by atoms with Crippen molar-refractivity contribution in [2.24, 2.45) is 17.8 Å². The minimum absolute atomic E-state index is 0.759. The molecule has 0 aromatic rings. The first kappa shape index (κ1) is 13.4. The van der Waals surface area contributed by atoms with Crippen LogP contribution in [-0.4, -0.2) is 25.8 Å². The molecule has 0 amide bonds. The largest absolute Gasteiger partial charge is 0.380 e. The average molecular weight is 239 g/mol. The lowest BCUT2D eigenvalue weighted by atomic mass is 9.80. The lowest BCUT2D eigenvalue weighted by molar-refractivity contribution is 0.121. The van der Waals surface area contributed by atoms with Crippen LogP contribution in [0.2, 0.25) is 0 Å². The van der Waals surface area contributed by atoms with Gasteiger partial charge in [0, 0.05) is 19.2 Å². The molecule has 2 aliphatic rings. The van der Waals surface area contributed by atoms with E-state index in [2.05, 4.69) is 19.2 Å². The molecule has 0 saturated heterocycles. The Balaban J connectivity index is 1.46. The van der Waals surface area contributed by atoms with E-state index >= 15 is 0 Å². The van der Waals surface area contributed by atoms with E-state index in [4.69, 9.17) is 4.74 Å². The van der Waals surface area contributed by atoms with E-state index in [0.29, 0.717) is 0 Å². The van der Waals surface area contributed by atoms with E-state index in [0.717, 1.165) is 43.6 Å². The highest BCUT2D eigenvalue weighted by molar-refractivity contribution is 4.78. The summed E-state index contributed by atoms with van der Waals surface area (Å²) >= 11 is 0. The van der Waals surface area contributed by atoms with Crippen LogP contribution in [0.25, 0.3) is 0 Å².